The summed E-state index contributed by atoms with van der Waals surface area (Å²) in [5.74, 6) is 0. The van der Waals surface area contributed by atoms with E-state index in [1.807, 2.05) is 78.9 Å². The largest absolute Gasteiger partial charge is 0.327 e. The Balaban J connectivity index is 1.57. The van der Waals surface area contributed by atoms with Gasteiger partial charge in [0.05, 0.1) is 16.3 Å². The SMILES string of the molecule is O=C(Nc1nc2c(Br)cccc2s1)NC(c1ccccc1)c1ccccc1. The van der Waals surface area contributed by atoms with Crippen LogP contribution in [0.3, 0.4) is 0 Å². The first-order valence-electron chi connectivity index (χ1n) is 8.43. The molecule has 0 bridgehead atoms. The van der Waals surface area contributed by atoms with Crippen LogP contribution in [0.5, 0.6) is 0 Å². The number of hydrogen-bond acceptors (Lipinski definition) is 3. The Labute approximate surface area is 169 Å². The molecule has 27 heavy (non-hydrogen) atoms. The average molecular weight is 438 g/mol. The zero-order chi connectivity index (χ0) is 18.6. The molecule has 0 fully saturated rings. The second-order valence-corrected chi connectivity index (χ2v) is 7.84. The Kier molecular flexibility index (Phi) is 5.18. The molecule has 134 valence electrons. The lowest BCUT2D eigenvalue weighted by Crippen LogP contribution is -2.33. The minimum Gasteiger partial charge on any atom is -0.327 e. The highest BCUT2D eigenvalue weighted by molar-refractivity contribution is 9.10. The van der Waals surface area contributed by atoms with Crippen molar-refractivity contribution >= 4 is 48.6 Å². The van der Waals surface area contributed by atoms with Crippen LogP contribution in [0.2, 0.25) is 0 Å². The highest BCUT2D eigenvalue weighted by Crippen LogP contribution is 2.31. The number of carbonyl (C=O) groups is 1. The van der Waals surface area contributed by atoms with Gasteiger partial charge >= 0.3 is 6.03 Å². The zero-order valence-corrected chi connectivity index (χ0v) is 16.6. The van der Waals surface area contributed by atoms with Crippen LogP contribution in [0.15, 0.2) is 83.3 Å². The molecule has 0 atom stereocenters. The molecule has 0 saturated heterocycles. The molecular weight excluding hydrogens is 422 g/mol. The molecule has 6 heteroatoms. The third kappa shape index (κ3) is 4.02. The second-order valence-electron chi connectivity index (χ2n) is 5.96. The number of para-hydroxylation sites is 1. The number of benzene rings is 3. The van der Waals surface area contributed by atoms with Crippen LogP contribution in [0.1, 0.15) is 17.2 Å². The highest BCUT2D eigenvalue weighted by Gasteiger charge is 2.17. The van der Waals surface area contributed by atoms with Gasteiger partial charge in [-0.1, -0.05) is 78.1 Å². The summed E-state index contributed by atoms with van der Waals surface area (Å²) >= 11 is 4.94. The Morgan fingerprint density at radius 2 is 1.52 bits per heavy atom. The highest BCUT2D eigenvalue weighted by atomic mass is 79.9. The maximum Gasteiger partial charge on any atom is 0.321 e. The lowest BCUT2D eigenvalue weighted by molar-refractivity contribution is 0.250. The summed E-state index contributed by atoms with van der Waals surface area (Å²) in [6, 6.07) is 25.2. The molecule has 1 heterocycles. The molecular formula is C21H16BrN3OS. The third-order valence-corrected chi connectivity index (χ3v) is 5.71. The van der Waals surface area contributed by atoms with Crippen molar-refractivity contribution in [1.29, 1.82) is 0 Å². The number of anilines is 1. The van der Waals surface area contributed by atoms with Crippen molar-refractivity contribution in [1.82, 2.24) is 10.3 Å². The van der Waals surface area contributed by atoms with Gasteiger partial charge in [0.2, 0.25) is 0 Å². The number of rotatable bonds is 4. The van der Waals surface area contributed by atoms with Crippen LogP contribution in [0.25, 0.3) is 10.2 Å². The monoisotopic (exact) mass is 437 g/mol. The van der Waals surface area contributed by atoms with Gasteiger partial charge in [0, 0.05) is 4.47 Å². The molecule has 4 rings (SSSR count). The van der Waals surface area contributed by atoms with E-state index in [0.717, 1.165) is 25.8 Å². The molecule has 0 aliphatic carbocycles. The van der Waals surface area contributed by atoms with Crippen LogP contribution < -0.4 is 10.6 Å². The van der Waals surface area contributed by atoms with E-state index in [1.165, 1.54) is 11.3 Å². The second kappa shape index (κ2) is 7.90. The van der Waals surface area contributed by atoms with Gasteiger partial charge in [0.15, 0.2) is 5.13 Å². The minimum atomic E-state index is -0.289. The van der Waals surface area contributed by atoms with Crippen LogP contribution in [0.4, 0.5) is 9.93 Å². The molecule has 0 unspecified atom stereocenters. The van der Waals surface area contributed by atoms with Gasteiger partial charge in [0.1, 0.15) is 0 Å². The topological polar surface area (TPSA) is 54.0 Å². The number of fused-ring (bicyclic) bond motifs is 1. The first-order chi connectivity index (χ1) is 13.2. The Bertz CT molecular complexity index is 1030. The van der Waals surface area contributed by atoms with Crippen LogP contribution in [-0.4, -0.2) is 11.0 Å². The van der Waals surface area contributed by atoms with E-state index in [1.54, 1.807) is 0 Å². The maximum absolute atomic E-state index is 12.7. The van der Waals surface area contributed by atoms with E-state index in [0.29, 0.717) is 5.13 Å². The molecule has 0 spiro atoms. The van der Waals surface area contributed by atoms with Gasteiger partial charge in [-0.15, -0.1) is 0 Å². The summed E-state index contributed by atoms with van der Waals surface area (Å²) in [6.45, 7) is 0. The first kappa shape index (κ1) is 17.7. The molecule has 0 aliphatic heterocycles. The van der Waals surface area contributed by atoms with E-state index in [2.05, 4.69) is 31.5 Å². The number of nitrogens with zero attached hydrogens (tertiary/aromatic N) is 1. The van der Waals surface area contributed by atoms with Crippen molar-refractivity contribution in [3.63, 3.8) is 0 Å². The fourth-order valence-corrected chi connectivity index (χ4v) is 4.36. The predicted octanol–water partition coefficient (Wildman–Crippen LogP) is 5.97. The van der Waals surface area contributed by atoms with Crippen molar-refractivity contribution in [2.75, 3.05) is 5.32 Å². The smallest absolute Gasteiger partial charge is 0.321 e. The van der Waals surface area contributed by atoms with Gasteiger partial charge in [0.25, 0.3) is 0 Å². The van der Waals surface area contributed by atoms with Crippen molar-refractivity contribution in [2.24, 2.45) is 0 Å². The molecule has 2 amide bonds. The quantitative estimate of drug-likeness (QED) is 0.413. The molecule has 0 saturated carbocycles. The Morgan fingerprint density at radius 3 is 2.11 bits per heavy atom. The maximum atomic E-state index is 12.7. The fraction of sp³-hybridized carbons (Fsp3) is 0.0476. The standard InChI is InChI=1S/C21H16BrN3OS/c22-16-12-7-13-17-19(16)24-21(27-17)25-20(26)23-18(14-8-3-1-4-9-14)15-10-5-2-6-11-15/h1-13,18H,(H2,23,24,25,26). The number of halogens is 1. The van der Waals surface area contributed by atoms with Crippen molar-refractivity contribution < 1.29 is 4.79 Å². The fourth-order valence-electron chi connectivity index (χ4n) is 2.88. The van der Waals surface area contributed by atoms with E-state index in [9.17, 15) is 4.79 Å². The van der Waals surface area contributed by atoms with Gasteiger partial charge in [-0.25, -0.2) is 9.78 Å². The number of nitrogens with one attached hydrogen (secondary N) is 2. The average Bonchev–Trinajstić information content (AvgIpc) is 3.11. The molecule has 4 nitrogen and oxygen atoms in total. The Hall–Kier alpha value is -2.70. The van der Waals surface area contributed by atoms with E-state index in [4.69, 9.17) is 0 Å². The summed E-state index contributed by atoms with van der Waals surface area (Å²) in [5.41, 5.74) is 2.89. The predicted molar refractivity (Wildman–Crippen MR) is 114 cm³/mol. The normalized spacial score (nSPS) is 10.9. The van der Waals surface area contributed by atoms with E-state index < -0.39 is 0 Å². The zero-order valence-electron chi connectivity index (χ0n) is 14.2. The number of carbonyl (C=O) groups excluding carboxylic acids is 1. The van der Waals surface area contributed by atoms with Gasteiger partial charge in [-0.05, 0) is 39.2 Å². The summed E-state index contributed by atoms with van der Waals surface area (Å²) in [6.07, 6.45) is 0. The van der Waals surface area contributed by atoms with E-state index in [-0.39, 0.29) is 12.1 Å². The first-order valence-corrected chi connectivity index (χ1v) is 10.0. The third-order valence-electron chi connectivity index (χ3n) is 4.13. The summed E-state index contributed by atoms with van der Waals surface area (Å²) in [7, 11) is 0. The molecule has 2 N–H and O–H groups in total. The molecule has 0 aliphatic rings. The van der Waals surface area contributed by atoms with Crippen LogP contribution in [-0.2, 0) is 0 Å². The van der Waals surface area contributed by atoms with Gasteiger partial charge in [-0.3, -0.25) is 5.32 Å². The number of hydrogen-bond donors (Lipinski definition) is 2. The lowest BCUT2D eigenvalue weighted by atomic mass is 9.99. The number of aromatic nitrogens is 1. The van der Waals surface area contributed by atoms with Crippen molar-refractivity contribution in [3.8, 4) is 0 Å². The van der Waals surface area contributed by atoms with Crippen molar-refractivity contribution in [2.45, 2.75) is 6.04 Å². The summed E-state index contributed by atoms with van der Waals surface area (Å²) < 4.78 is 1.93. The number of urea groups is 1. The number of amides is 2. The summed E-state index contributed by atoms with van der Waals surface area (Å²) in [5, 5.41) is 6.49. The Morgan fingerprint density at radius 1 is 0.889 bits per heavy atom. The molecule has 3 aromatic carbocycles. The molecule has 1 aromatic heterocycles. The van der Waals surface area contributed by atoms with Crippen molar-refractivity contribution in [3.05, 3.63) is 94.5 Å². The van der Waals surface area contributed by atoms with Gasteiger partial charge < -0.3 is 5.32 Å². The van der Waals surface area contributed by atoms with Crippen LogP contribution >= 0.6 is 27.3 Å². The van der Waals surface area contributed by atoms with Gasteiger partial charge in [-0.2, -0.15) is 0 Å². The molecule has 0 radical (unpaired) electrons. The number of thiazole rings is 1. The minimum absolute atomic E-state index is 0.242. The lowest BCUT2D eigenvalue weighted by Gasteiger charge is -2.19. The van der Waals surface area contributed by atoms with Crippen LogP contribution in [0, 0.1) is 0 Å². The van der Waals surface area contributed by atoms with E-state index >= 15 is 0 Å². The molecule has 4 aromatic rings. The summed E-state index contributed by atoms with van der Waals surface area (Å²) in [4.78, 5) is 17.2.